The van der Waals surface area contributed by atoms with Crippen LogP contribution in [0.1, 0.15) is 23.6 Å². The number of methoxy groups -OCH3 is 1. The summed E-state index contributed by atoms with van der Waals surface area (Å²) in [6.45, 7) is 2.12. The predicted octanol–water partition coefficient (Wildman–Crippen LogP) is 6.05. The fourth-order valence-corrected chi connectivity index (χ4v) is 3.79. The molecule has 35 heavy (non-hydrogen) atoms. The third-order valence-corrected chi connectivity index (χ3v) is 5.64. The highest BCUT2D eigenvalue weighted by molar-refractivity contribution is 9.10. The van der Waals surface area contributed by atoms with E-state index < -0.39 is 10.8 Å². The molecule has 1 N–H and O–H groups in total. The van der Waals surface area contributed by atoms with E-state index in [1.807, 2.05) is 25.1 Å². The molecule has 0 aliphatic heterocycles. The van der Waals surface area contributed by atoms with Crippen LogP contribution in [0.2, 0.25) is 0 Å². The Labute approximate surface area is 211 Å². The zero-order valence-electron chi connectivity index (χ0n) is 19.1. The fourth-order valence-electron chi connectivity index (χ4n) is 3.22. The summed E-state index contributed by atoms with van der Waals surface area (Å²) in [6, 6.07) is 18.8. The molecular weight excluding hydrogens is 514 g/mol. The van der Waals surface area contributed by atoms with Gasteiger partial charge in [0.05, 0.1) is 16.5 Å². The number of non-ortho nitro benzene ring substituents is 1. The number of aryl methyl sites for hydroxylation is 1. The number of halogens is 1. The van der Waals surface area contributed by atoms with Gasteiger partial charge in [-0.1, -0.05) is 31.2 Å². The first-order chi connectivity index (χ1) is 16.8. The third-order valence-electron chi connectivity index (χ3n) is 5.05. The Kier molecular flexibility index (Phi) is 8.59. The number of nitrogens with one attached hydrogen (secondary N) is 1. The Bertz CT molecular complexity index is 1310. The number of hydrogen-bond acceptors (Lipinski definition) is 6. The van der Waals surface area contributed by atoms with Crippen molar-refractivity contribution < 1.29 is 19.2 Å². The van der Waals surface area contributed by atoms with E-state index in [1.54, 1.807) is 36.4 Å². The van der Waals surface area contributed by atoms with E-state index in [9.17, 15) is 20.2 Å². The third kappa shape index (κ3) is 6.68. The first kappa shape index (κ1) is 25.5. The highest BCUT2D eigenvalue weighted by Crippen LogP contribution is 2.38. The summed E-state index contributed by atoms with van der Waals surface area (Å²) in [5.74, 6) is 0.219. The number of rotatable bonds is 9. The van der Waals surface area contributed by atoms with Crippen LogP contribution in [0.4, 0.5) is 11.4 Å². The molecule has 8 nitrogen and oxygen atoms in total. The number of nitriles is 1. The van der Waals surface area contributed by atoms with Crippen LogP contribution in [0.15, 0.2) is 70.7 Å². The average molecular weight is 536 g/mol. The molecule has 9 heteroatoms. The van der Waals surface area contributed by atoms with Crippen LogP contribution < -0.4 is 14.8 Å². The average Bonchev–Trinajstić information content (AvgIpc) is 2.86. The van der Waals surface area contributed by atoms with Gasteiger partial charge >= 0.3 is 0 Å². The maximum Gasteiger partial charge on any atom is 0.269 e. The summed E-state index contributed by atoms with van der Waals surface area (Å²) < 4.78 is 11.8. The SMILES string of the molecule is CCc1ccc(NC(=O)/C(C#N)=C/c2cc(Br)c(OCc3cccc([N+](=O)[O-])c3)c(OC)c2)cc1. The minimum absolute atomic E-state index is 0.0266. The minimum Gasteiger partial charge on any atom is -0.493 e. The lowest BCUT2D eigenvalue weighted by Crippen LogP contribution is -2.13. The number of nitro benzene ring substituents is 1. The van der Waals surface area contributed by atoms with Crippen LogP contribution in [0.25, 0.3) is 6.08 Å². The van der Waals surface area contributed by atoms with Crippen molar-refractivity contribution in [3.05, 3.63) is 97.5 Å². The molecule has 178 valence electrons. The molecule has 3 aromatic rings. The Balaban J connectivity index is 1.79. The molecule has 0 aliphatic rings. The number of carbonyl (C=O) groups is 1. The molecule has 1 amide bonds. The van der Waals surface area contributed by atoms with Crippen molar-refractivity contribution in [3.63, 3.8) is 0 Å². The summed E-state index contributed by atoms with van der Waals surface area (Å²) in [6.07, 6.45) is 2.34. The smallest absolute Gasteiger partial charge is 0.269 e. The highest BCUT2D eigenvalue weighted by Gasteiger charge is 2.15. The van der Waals surface area contributed by atoms with Gasteiger partial charge < -0.3 is 14.8 Å². The van der Waals surface area contributed by atoms with Crippen molar-refractivity contribution in [2.75, 3.05) is 12.4 Å². The number of hydrogen-bond donors (Lipinski definition) is 1. The van der Waals surface area contributed by atoms with E-state index in [0.29, 0.717) is 32.8 Å². The largest absolute Gasteiger partial charge is 0.493 e. The van der Waals surface area contributed by atoms with Gasteiger partial charge in [-0.2, -0.15) is 5.26 Å². The van der Waals surface area contributed by atoms with Crippen LogP contribution in [-0.4, -0.2) is 17.9 Å². The molecule has 0 heterocycles. The number of nitrogens with zero attached hydrogens (tertiary/aromatic N) is 2. The van der Waals surface area contributed by atoms with E-state index >= 15 is 0 Å². The predicted molar refractivity (Wildman–Crippen MR) is 136 cm³/mol. The van der Waals surface area contributed by atoms with Crippen LogP contribution in [-0.2, 0) is 17.8 Å². The Hall–Kier alpha value is -4.16. The lowest BCUT2D eigenvalue weighted by atomic mass is 10.1. The second-order valence-corrected chi connectivity index (χ2v) is 8.28. The molecule has 0 fully saturated rings. The highest BCUT2D eigenvalue weighted by atomic mass is 79.9. The van der Waals surface area contributed by atoms with E-state index in [1.165, 1.54) is 25.3 Å². The van der Waals surface area contributed by atoms with Crippen LogP contribution >= 0.6 is 15.9 Å². The maximum atomic E-state index is 12.6. The molecule has 0 atom stereocenters. The number of nitro groups is 1. The van der Waals surface area contributed by atoms with Gasteiger partial charge in [0.25, 0.3) is 11.6 Å². The van der Waals surface area contributed by atoms with Crippen molar-refractivity contribution in [2.45, 2.75) is 20.0 Å². The standard InChI is InChI=1S/C26H22BrN3O5/c1-3-17-7-9-21(10-8-17)29-26(31)20(15-28)11-19-13-23(27)25(24(14-19)34-2)35-16-18-5-4-6-22(12-18)30(32)33/h4-14H,3,16H2,1-2H3,(H,29,31)/b20-11+. The van der Waals surface area contributed by atoms with E-state index in [-0.39, 0.29) is 17.9 Å². The van der Waals surface area contributed by atoms with Gasteiger partial charge in [0.1, 0.15) is 18.2 Å². The molecule has 0 saturated heterocycles. The van der Waals surface area contributed by atoms with E-state index in [4.69, 9.17) is 9.47 Å². The summed E-state index contributed by atoms with van der Waals surface area (Å²) in [5.41, 5.74) is 2.79. The van der Waals surface area contributed by atoms with Gasteiger partial charge in [-0.25, -0.2) is 0 Å². The minimum atomic E-state index is -0.530. The van der Waals surface area contributed by atoms with Crippen LogP contribution in [0.5, 0.6) is 11.5 Å². The van der Waals surface area contributed by atoms with Crippen LogP contribution in [0, 0.1) is 21.4 Å². The summed E-state index contributed by atoms with van der Waals surface area (Å²) in [4.78, 5) is 23.1. The van der Waals surface area contributed by atoms with Gasteiger partial charge in [0.15, 0.2) is 11.5 Å². The van der Waals surface area contributed by atoms with Crippen LogP contribution in [0.3, 0.4) is 0 Å². The molecule has 0 aromatic heterocycles. The summed E-state index contributed by atoms with van der Waals surface area (Å²) >= 11 is 3.44. The molecule has 0 spiro atoms. The van der Waals surface area contributed by atoms with Gasteiger partial charge in [-0.3, -0.25) is 14.9 Å². The Morgan fingerprint density at radius 3 is 2.54 bits per heavy atom. The lowest BCUT2D eigenvalue weighted by Gasteiger charge is -2.14. The number of amides is 1. The quantitative estimate of drug-likeness (QED) is 0.154. The first-order valence-corrected chi connectivity index (χ1v) is 11.4. The number of carbonyl (C=O) groups excluding carboxylic acids is 1. The van der Waals surface area contributed by atoms with E-state index in [0.717, 1.165) is 12.0 Å². The number of anilines is 1. The second-order valence-electron chi connectivity index (χ2n) is 7.42. The molecule has 0 bridgehead atoms. The molecule has 0 radical (unpaired) electrons. The van der Waals surface area contributed by atoms with Gasteiger partial charge in [0.2, 0.25) is 0 Å². The molecule has 0 saturated carbocycles. The number of benzene rings is 3. The topological polar surface area (TPSA) is 114 Å². The maximum absolute atomic E-state index is 12.6. The normalized spacial score (nSPS) is 10.9. The lowest BCUT2D eigenvalue weighted by molar-refractivity contribution is -0.384. The van der Waals surface area contributed by atoms with Crippen molar-refractivity contribution in [1.82, 2.24) is 0 Å². The fraction of sp³-hybridized carbons (Fsp3) is 0.154. The zero-order valence-corrected chi connectivity index (χ0v) is 20.7. The molecule has 3 aromatic carbocycles. The van der Waals surface area contributed by atoms with Gasteiger partial charge in [-0.05, 0) is 69.4 Å². The summed E-state index contributed by atoms with van der Waals surface area (Å²) in [5, 5.41) is 23.3. The van der Waals surface area contributed by atoms with Gasteiger partial charge in [-0.15, -0.1) is 0 Å². The Morgan fingerprint density at radius 2 is 1.91 bits per heavy atom. The number of ether oxygens (including phenoxy) is 2. The molecule has 0 aliphatic carbocycles. The monoisotopic (exact) mass is 535 g/mol. The summed E-state index contributed by atoms with van der Waals surface area (Å²) in [7, 11) is 1.47. The second kappa shape index (κ2) is 11.8. The zero-order chi connectivity index (χ0) is 25.4. The van der Waals surface area contributed by atoms with Gasteiger partial charge in [0, 0.05) is 17.8 Å². The van der Waals surface area contributed by atoms with E-state index in [2.05, 4.69) is 21.2 Å². The van der Waals surface area contributed by atoms with Crippen molar-refractivity contribution in [2.24, 2.45) is 0 Å². The van der Waals surface area contributed by atoms with Crippen molar-refractivity contribution in [1.29, 1.82) is 5.26 Å². The first-order valence-electron chi connectivity index (χ1n) is 10.6. The Morgan fingerprint density at radius 1 is 1.17 bits per heavy atom. The molecule has 0 unspecified atom stereocenters. The van der Waals surface area contributed by atoms with Crippen molar-refractivity contribution >= 4 is 39.3 Å². The molecule has 3 rings (SSSR count). The van der Waals surface area contributed by atoms with Crippen molar-refractivity contribution in [3.8, 4) is 17.6 Å². The molecular formula is C26H22BrN3O5.